The number of nitrogens with one attached hydrogen (secondary N) is 1. The first-order chi connectivity index (χ1) is 8.09. The lowest BCUT2D eigenvalue weighted by Crippen LogP contribution is -2.27. The lowest BCUT2D eigenvalue weighted by atomic mass is 10.3. The van der Waals surface area contributed by atoms with Gasteiger partial charge in [-0.25, -0.2) is 13.6 Å². The third-order valence-corrected chi connectivity index (χ3v) is 4.20. The molecule has 3 N–H and O–H groups in total. The Hall–Kier alpha value is -1.13. The fourth-order valence-electron chi connectivity index (χ4n) is 1.00. The summed E-state index contributed by atoms with van der Waals surface area (Å²) in [6, 6.07) is 1.02. The smallest absolute Gasteiger partial charge is 0.352 e. The van der Waals surface area contributed by atoms with Crippen LogP contribution in [0.4, 0.5) is 13.2 Å². The average molecular weight is 302 g/mol. The van der Waals surface area contributed by atoms with Crippen LogP contribution in [0.5, 0.6) is 0 Å². The van der Waals surface area contributed by atoms with Gasteiger partial charge >= 0.3 is 6.18 Å². The van der Waals surface area contributed by atoms with E-state index in [-0.39, 0.29) is 9.77 Å². The summed E-state index contributed by atoms with van der Waals surface area (Å²) < 4.78 is 57.1. The molecular weight excluding hydrogens is 293 g/mol. The molecule has 0 aliphatic rings. The van der Waals surface area contributed by atoms with Crippen molar-refractivity contribution >= 4 is 27.3 Å². The number of halogens is 3. The summed E-state index contributed by atoms with van der Waals surface area (Å²) in [5, 5.41) is 8.07. The van der Waals surface area contributed by atoms with Crippen molar-refractivity contribution in [1.82, 2.24) is 5.32 Å². The third-order valence-electron chi connectivity index (χ3n) is 1.81. The Balaban J connectivity index is 2.61. The number of thiophene rings is 1. The van der Waals surface area contributed by atoms with E-state index in [0.717, 1.165) is 17.4 Å². The molecule has 0 bridgehead atoms. The van der Waals surface area contributed by atoms with Gasteiger partial charge in [0.1, 0.15) is 4.21 Å². The van der Waals surface area contributed by atoms with E-state index in [1.165, 1.54) is 5.38 Å². The molecule has 0 fully saturated rings. The molecule has 0 spiro atoms. The standard InChI is InChI=1S/C8H9F3N2O3S2/c9-8(10,11)1-2-13-7(14)5-3-6(17-4-5)18(12,15)16/h3-4H,1-2H2,(H,13,14)(H2,12,15,16). The number of carbonyl (C=O) groups excluding carboxylic acids is 1. The highest BCUT2D eigenvalue weighted by Gasteiger charge is 2.26. The van der Waals surface area contributed by atoms with Gasteiger partial charge in [0.25, 0.3) is 5.91 Å². The van der Waals surface area contributed by atoms with E-state index in [9.17, 15) is 26.4 Å². The maximum Gasteiger partial charge on any atom is 0.390 e. The first kappa shape index (κ1) is 14.9. The number of rotatable bonds is 4. The van der Waals surface area contributed by atoms with Crippen molar-refractivity contribution in [3.8, 4) is 0 Å². The molecule has 1 aromatic heterocycles. The van der Waals surface area contributed by atoms with E-state index in [2.05, 4.69) is 0 Å². The van der Waals surface area contributed by atoms with Crippen molar-refractivity contribution in [2.24, 2.45) is 5.14 Å². The van der Waals surface area contributed by atoms with E-state index in [4.69, 9.17) is 5.14 Å². The van der Waals surface area contributed by atoms with Crippen molar-refractivity contribution < 1.29 is 26.4 Å². The maximum absolute atomic E-state index is 11.8. The highest BCUT2D eigenvalue weighted by molar-refractivity contribution is 7.91. The van der Waals surface area contributed by atoms with Crippen LogP contribution in [-0.2, 0) is 10.0 Å². The van der Waals surface area contributed by atoms with E-state index >= 15 is 0 Å². The zero-order chi connectivity index (χ0) is 14.0. The summed E-state index contributed by atoms with van der Waals surface area (Å²) in [5.74, 6) is -0.773. The SMILES string of the molecule is NS(=O)(=O)c1cc(C(=O)NCCC(F)(F)F)cs1. The second kappa shape index (κ2) is 5.24. The Morgan fingerprint density at radius 3 is 2.50 bits per heavy atom. The van der Waals surface area contributed by atoms with E-state index in [0.29, 0.717) is 0 Å². The van der Waals surface area contributed by atoms with Crippen LogP contribution in [0.15, 0.2) is 15.7 Å². The Kier molecular flexibility index (Phi) is 4.35. The van der Waals surface area contributed by atoms with Crippen LogP contribution >= 0.6 is 11.3 Å². The van der Waals surface area contributed by atoms with Gasteiger partial charge in [0.05, 0.1) is 12.0 Å². The van der Waals surface area contributed by atoms with Crippen LogP contribution in [0, 0.1) is 0 Å². The quantitative estimate of drug-likeness (QED) is 0.872. The fourth-order valence-corrected chi connectivity index (χ4v) is 2.59. The minimum absolute atomic E-state index is 0.0359. The first-order valence-corrected chi connectivity index (χ1v) is 6.98. The monoisotopic (exact) mass is 302 g/mol. The van der Waals surface area contributed by atoms with Gasteiger partial charge in [-0.3, -0.25) is 4.79 Å². The van der Waals surface area contributed by atoms with Gasteiger partial charge in [-0.05, 0) is 6.07 Å². The number of carbonyl (C=O) groups is 1. The Labute approximate surface area is 105 Å². The van der Waals surface area contributed by atoms with Gasteiger partial charge in [0.2, 0.25) is 10.0 Å². The lowest BCUT2D eigenvalue weighted by Gasteiger charge is -2.06. The van der Waals surface area contributed by atoms with Crippen molar-refractivity contribution in [3.63, 3.8) is 0 Å². The van der Waals surface area contributed by atoms with Crippen molar-refractivity contribution in [1.29, 1.82) is 0 Å². The number of hydrogen-bond donors (Lipinski definition) is 2. The molecule has 0 unspecified atom stereocenters. The largest absolute Gasteiger partial charge is 0.390 e. The average Bonchev–Trinajstić information content (AvgIpc) is 2.62. The Bertz CT molecular complexity index is 536. The normalized spacial score (nSPS) is 12.4. The van der Waals surface area contributed by atoms with E-state index < -0.39 is 35.1 Å². The summed E-state index contributed by atoms with van der Waals surface area (Å²) in [7, 11) is -3.90. The minimum Gasteiger partial charge on any atom is -0.352 e. The molecule has 1 aromatic rings. The van der Waals surface area contributed by atoms with Gasteiger partial charge in [0, 0.05) is 11.9 Å². The predicted octanol–water partition coefficient (Wildman–Crippen LogP) is 1.08. The highest BCUT2D eigenvalue weighted by atomic mass is 32.2. The molecule has 102 valence electrons. The van der Waals surface area contributed by atoms with Crippen LogP contribution in [0.1, 0.15) is 16.8 Å². The second-order valence-electron chi connectivity index (χ2n) is 3.32. The maximum atomic E-state index is 11.8. The number of nitrogens with two attached hydrogens (primary N) is 1. The molecule has 1 amide bonds. The van der Waals surface area contributed by atoms with Crippen molar-refractivity contribution in [3.05, 3.63) is 17.0 Å². The molecule has 1 rings (SSSR count). The first-order valence-electron chi connectivity index (χ1n) is 4.56. The molecule has 0 atom stereocenters. The number of sulfonamides is 1. The predicted molar refractivity (Wildman–Crippen MR) is 58.7 cm³/mol. The topological polar surface area (TPSA) is 89.3 Å². The van der Waals surface area contributed by atoms with Crippen LogP contribution in [0.3, 0.4) is 0 Å². The molecule has 1 heterocycles. The molecule has 0 saturated carbocycles. The molecule has 0 saturated heterocycles. The van der Waals surface area contributed by atoms with Gasteiger partial charge in [-0.15, -0.1) is 11.3 Å². The summed E-state index contributed by atoms with van der Waals surface area (Å²) in [5.41, 5.74) is -0.0359. The molecular formula is C8H9F3N2O3S2. The number of primary sulfonamides is 1. The molecule has 0 aromatic carbocycles. The molecule has 0 aliphatic carbocycles. The second-order valence-corrected chi connectivity index (χ2v) is 6.02. The van der Waals surface area contributed by atoms with Gasteiger partial charge in [-0.2, -0.15) is 13.2 Å². The van der Waals surface area contributed by atoms with Crippen LogP contribution in [0.2, 0.25) is 0 Å². The summed E-state index contributed by atoms with van der Waals surface area (Å²) in [6.45, 7) is -0.567. The lowest BCUT2D eigenvalue weighted by molar-refractivity contribution is -0.132. The summed E-state index contributed by atoms with van der Waals surface area (Å²) in [4.78, 5) is 11.4. The van der Waals surface area contributed by atoms with Crippen molar-refractivity contribution in [2.75, 3.05) is 6.54 Å². The molecule has 10 heteroatoms. The number of amides is 1. The number of hydrogen-bond acceptors (Lipinski definition) is 4. The minimum atomic E-state index is -4.35. The van der Waals surface area contributed by atoms with Crippen LogP contribution < -0.4 is 10.5 Å². The van der Waals surface area contributed by atoms with Gasteiger partial charge < -0.3 is 5.32 Å². The Morgan fingerprint density at radius 1 is 1.44 bits per heavy atom. The molecule has 18 heavy (non-hydrogen) atoms. The molecule has 0 radical (unpaired) electrons. The van der Waals surface area contributed by atoms with E-state index in [1.54, 1.807) is 0 Å². The fraction of sp³-hybridized carbons (Fsp3) is 0.375. The third kappa shape index (κ3) is 4.63. The van der Waals surface area contributed by atoms with Crippen LogP contribution in [0.25, 0.3) is 0 Å². The Morgan fingerprint density at radius 2 is 2.06 bits per heavy atom. The van der Waals surface area contributed by atoms with Crippen molar-refractivity contribution in [2.45, 2.75) is 16.8 Å². The molecule has 5 nitrogen and oxygen atoms in total. The number of alkyl halides is 3. The zero-order valence-electron chi connectivity index (χ0n) is 8.82. The zero-order valence-corrected chi connectivity index (χ0v) is 10.5. The highest BCUT2D eigenvalue weighted by Crippen LogP contribution is 2.20. The van der Waals surface area contributed by atoms with Crippen LogP contribution in [-0.4, -0.2) is 27.0 Å². The van der Waals surface area contributed by atoms with Gasteiger partial charge in [-0.1, -0.05) is 0 Å². The van der Waals surface area contributed by atoms with E-state index in [1.807, 2.05) is 5.32 Å². The summed E-state index contributed by atoms with van der Waals surface area (Å²) in [6.07, 6.45) is -5.50. The summed E-state index contributed by atoms with van der Waals surface area (Å²) >= 11 is 0.728. The molecule has 0 aliphatic heterocycles. The van der Waals surface area contributed by atoms with Gasteiger partial charge in [0.15, 0.2) is 0 Å².